The Kier molecular flexibility index (Phi) is 3.54. The molecule has 3 aromatic carbocycles. The first-order chi connectivity index (χ1) is 11.7. The molecule has 1 aromatic heterocycles. The monoisotopic (exact) mass is 377 g/mol. The van der Waals surface area contributed by atoms with Gasteiger partial charge in [-0.15, -0.1) is 0 Å². The molecule has 0 aliphatic rings. The van der Waals surface area contributed by atoms with Crippen LogP contribution in [-0.2, 0) is 0 Å². The summed E-state index contributed by atoms with van der Waals surface area (Å²) in [6.07, 6.45) is 2.37. The molecule has 0 atom stereocenters. The third-order valence-corrected chi connectivity index (χ3v) is 4.81. The number of nitrogens with zero attached hydrogens (tertiary/aromatic N) is 1. The van der Waals surface area contributed by atoms with Gasteiger partial charge in [0.05, 0.1) is 5.52 Å². The van der Waals surface area contributed by atoms with E-state index >= 15 is 0 Å². The van der Waals surface area contributed by atoms with Crippen molar-refractivity contribution >= 4 is 49.8 Å². The zero-order valence-electron chi connectivity index (χ0n) is 12.6. The molecule has 0 N–H and O–H groups in total. The number of hydrogen-bond donors (Lipinski definition) is 0. The van der Waals surface area contributed by atoms with Crippen LogP contribution in [-0.4, -0.2) is 16.8 Å². The summed E-state index contributed by atoms with van der Waals surface area (Å²) in [7, 11) is 0. The van der Waals surface area contributed by atoms with Gasteiger partial charge in [0, 0.05) is 27.2 Å². The summed E-state index contributed by atoms with van der Waals surface area (Å²) in [4.78, 5) is 24.4. The van der Waals surface area contributed by atoms with E-state index in [1.165, 1.54) is 4.57 Å². The number of aromatic nitrogens is 1. The predicted octanol–water partition coefficient (Wildman–Crippen LogP) is 5.06. The van der Waals surface area contributed by atoms with Gasteiger partial charge >= 0.3 is 0 Å². The molecule has 24 heavy (non-hydrogen) atoms. The second-order valence-corrected chi connectivity index (χ2v) is 6.43. The summed E-state index contributed by atoms with van der Waals surface area (Å²) < 4.78 is 2.33. The average molecular weight is 378 g/mol. The van der Waals surface area contributed by atoms with E-state index in [0.717, 1.165) is 26.9 Å². The fourth-order valence-corrected chi connectivity index (χ4v) is 3.58. The molecule has 0 aliphatic carbocycles. The fraction of sp³-hybridized carbons (Fsp3) is 0. The summed E-state index contributed by atoms with van der Waals surface area (Å²) in [6, 6.07) is 19.1. The highest BCUT2D eigenvalue weighted by Gasteiger charge is 2.16. The molecule has 4 aromatic rings. The second kappa shape index (κ2) is 5.73. The molecule has 3 nitrogen and oxygen atoms in total. The number of benzene rings is 3. The van der Waals surface area contributed by atoms with E-state index in [1.54, 1.807) is 6.20 Å². The zero-order valence-corrected chi connectivity index (χ0v) is 14.2. The van der Waals surface area contributed by atoms with Crippen LogP contribution in [0.15, 0.2) is 71.3 Å². The van der Waals surface area contributed by atoms with Crippen LogP contribution in [0.3, 0.4) is 0 Å². The Labute approximate surface area is 146 Å². The van der Waals surface area contributed by atoms with Crippen molar-refractivity contribution in [1.82, 2.24) is 4.57 Å². The molecule has 0 bridgehead atoms. The van der Waals surface area contributed by atoms with Crippen molar-refractivity contribution in [3.05, 3.63) is 82.5 Å². The maximum Gasteiger partial charge on any atom is 0.262 e. The van der Waals surface area contributed by atoms with Crippen LogP contribution in [0.5, 0.6) is 0 Å². The highest BCUT2D eigenvalue weighted by Crippen LogP contribution is 2.29. The molecule has 0 radical (unpaired) electrons. The Hall–Kier alpha value is -2.72. The van der Waals surface area contributed by atoms with Crippen molar-refractivity contribution in [2.24, 2.45) is 0 Å². The van der Waals surface area contributed by atoms with Crippen LogP contribution in [0.4, 0.5) is 0 Å². The Morgan fingerprint density at radius 2 is 1.75 bits per heavy atom. The van der Waals surface area contributed by atoms with E-state index in [-0.39, 0.29) is 5.91 Å². The van der Waals surface area contributed by atoms with Gasteiger partial charge in [0.15, 0.2) is 6.29 Å². The molecule has 0 aliphatic heterocycles. The van der Waals surface area contributed by atoms with Gasteiger partial charge in [-0.25, -0.2) is 0 Å². The minimum Gasteiger partial charge on any atom is -0.298 e. The van der Waals surface area contributed by atoms with Gasteiger partial charge in [0.25, 0.3) is 5.91 Å². The maximum absolute atomic E-state index is 13.0. The summed E-state index contributed by atoms with van der Waals surface area (Å²) in [6.45, 7) is 0. The topological polar surface area (TPSA) is 39.1 Å². The number of halogens is 1. The quantitative estimate of drug-likeness (QED) is 0.458. The Balaban J connectivity index is 1.91. The number of hydrogen-bond acceptors (Lipinski definition) is 2. The Bertz CT molecular complexity index is 1110. The van der Waals surface area contributed by atoms with Crippen LogP contribution >= 0.6 is 15.9 Å². The molecule has 0 unspecified atom stereocenters. The zero-order chi connectivity index (χ0) is 16.7. The minimum atomic E-state index is -0.156. The largest absolute Gasteiger partial charge is 0.298 e. The van der Waals surface area contributed by atoms with E-state index < -0.39 is 0 Å². The van der Waals surface area contributed by atoms with Crippen LogP contribution < -0.4 is 0 Å². The molecule has 0 spiro atoms. The smallest absolute Gasteiger partial charge is 0.262 e. The lowest BCUT2D eigenvalue weighted by Gasteiger charge is -2.06. The van der Waals surface area contributed by atoms with Crippen LogP contribution in [0.25, 0.3) is 21.7 Å². The lowest BCUT2D eigenvalue weighted by atomic mass is 10.1. The molecular weight excluding hydrogens is 366 g/mol. The molecule has 0 saturated carbocycles. The van der Waals surface area contributed by atoms with Crippen molar-refractivity contribution in [2.45, 2.75) is 0 Å². The second-order valence-electron chi connectivity index (χ2n) is 5.57. The third kappa shape index (κ3) is 2.27. The van der Waals surface area contributed by atoms with Crippen molar-refractivity contribution < 1.29 is 9.59 Å². The molecule has 1 heterocycles. The van der Waals surface area contributed by atoms with Gasteiger partial charge < -0.3 is 0 Å². The van der Waals surface area contributed by atoms with E-state index in [9.17, 15) is 9.59 Å². The maximum atomic E-state index is 13.0. The average Bonchev–Trinajstić information content (AvgIpc) is 3.01. The fourth-order valence-electron chi connectivity index (χ4n) is 2.99. The standard InChI is InChI=1S/C20H12BrNO2/c21-17-6-3-7-18-19(17)16(12-23)11-22(18)20(24)15-9-8-13-4-1-2-5-14(13)10-15/h1-12H. The van der Waals surface area contributed by atoms with Gasteiger partial charge in [0.2, 0.25) is 0 Å². The summed E-state index contributed by atoms with van der Waals surface area (Å²) in [5, 5.41) is 2.85. The number of rotatable bonds is 2. The number of fused-ring (bicyclic) bond motifs is 2. The lowest BCUT2D eigenvalue weighted by molar-refractivity contribution is 0.0965. The molecule has 116 valence electrons. The summed E-state index contributed by atoms with van der Waals surface area (Å²) in [5.41, 5.74) is 1.79. The van der Waals surface area contributed by atoms with E-state index in [2.05, 4.69) is 15.9 Å². The highest BCUT2D eigenvalue weighted by molar-refractivity contribution is 9.10. The molecule has 0 amide bonds. The predicted molar refractivity (Wildman–Crippen MR) is 98.7 cm³/mol. The van der Waals surface area contributed by atoms with Crippen LogP contribution in [0, 0.1) is 0 Å². The van der Waals surface area contributed by atoms with E-state index in [0.29, 0.717) is 16.6 Å². The lowest BCUT2D eigenvalue weighted by Crippen LogP contribution is -2.10. The highest BCUT2D eigenvalue weighted by atomic mass is 79.9. The van der Waals surface area contributed by atoms with Crippen molar-refractivity contribution in [2.75, 3.05) is 0 Å². The van der Waals surface area contributed by atoms with Crippen LogP contribution in [0.2, 0.25) is 0 Å². The van der Waals surface area contributed by atoms with Gasteiger partial charge in [0.1, 0.15) is 0 Å². The number of carbonyl (C=O) groups excluding carboxylic acids is 2. The third-order valence-electron chi connectivity index (χ3n) is 4.15. The molecule has 0 saturated heterocycles. The Morgan fingerprint density at radius 3 is 2.54 bits per heavy atom. The van der Waals surface area contributed by atoms with Crippen molar-refractivity contribution in [1.29, 1.82) is 0 Å². The normalized spacial score (nSPS) is 11.0. The number of aldehydes is 1. The van der Waals surface area contributed by atoms with Crippen LogP contribution in [0.1, 0.15) is 20.7 Å². The molecule has 4 rings (SSSR count). The molecule has 0 fully saturated rings. The summed E-state index contributed by atoms with van der Waals surface area (Å²) >= 11 is 3.46. The van der Waals surface area contributed by atoms with E-state index in [1.807, 2.05) is 60.7 Å². The van der Waals surface area contributed by atoms with Gasteiger partial charge in [-0.3, -0.25) is 14.2 Å². The first-order valence-corrected chi connectivity index (χ1v) is 8.26. The Morgan fingerprint density at radius 1 is 0.958 bits per heavy atom. The SMILES string of the molecule is O=Cc1cn(C(=O)c2ccc3ccccc3c2)c2cccc(Br)c12. The molecular formula is C20H12BrNO2. The van der Waals surface area contributed by atoms with Crippen molar-refractivity contribution in [3.63, 3.8) is 0 Å². The van der Waals surface area contributed by atoms with E-state index in [4.69, 9.17) is 0 Å². The summed E-state index contributed by atoms with van der Waals surface area (Å²) in [5.74, 6) is -0.156. The molecule has 4 heteroatoms. The van der Waals surface area contributed by atoms with Gasteiger partial charge in [-0.05, 0) is 35.0 Å². The van der Waals surface area contributed by atoms with Gasteiger partial charge in [-0.1, -0.05) is 52.3 Å². The first-order valence-electron chi connectivity index (χ1n) is 7.47. The number of carbonyl (C=O) groups is 2. The van der Waals surface area contributed by atoms with Gasteiger partial charge in [-0.2, -0.15) is 0 Å². The first kappa shape index (κ1) is 14.8. The van der Waals surface area contributed by atoms with Crippen molar-refractivity contribution in [3.8, 4) is 0 Å². The minimum absolute atomic E-state index is 0.156.